The Hall–Kier alpha value is -0.600. The first-order valence-electron chi connectivity index (χ1n) is 10.6. The predicted octanol–water partition coefficient (Wildman–Crippen LogP) is 4.60. The van der Waals surface area contributed by atoms with Crippen LogP contribution in [-0.2, 0) is 5.41 Å². The SMILES string of the molecule is CCCCCCCCCCNC1CN(C)C[N+]1([O-])c1nnc(C(C)(C)C)s1. The molecule has 1 aliphatic rings. The van der Waals surface area contributed by atoms with Crippen molar-refractivity contribution in [2.45, 2.75) is 90.6 Å². The van der Waals surface area contributed by atoms with E-state index in [1.165, 1.54) is 56.3 Å². The fraction of sp³-hybridized carbons (Fsp3) is 0.900. The summed E-state index contributed by atoms with van der Waals surface area (Å²) in [7, 11) is 2.01. The zero-order valence-electron chi connectivity index (χ0n) is 18.0. The minimum Gasteiger partial charge on any atom is -0.623 e. The maximum absolute atomic E-state index is 13.6. The van der Waals surface area contributed by atoms with E-state index in [0.29, 0.717) is 11.8 Å². The zero-order chi connectivity index (χ0) is 19.9. The van der Waals surface area contributed by atoms with Gasteiger partial charge in [0.25, 0.3) is 0 Å². The van der Waals surface area contributed by atoms with Gasteiger partial charge in [-0.25, -0.2) is 0 Å². The average molecular weight is 398 g/mol. The van der Waals surface area contributed by atoms with Crippen molar-refractivity contribution in [3.05, 3.63) is 10.2 Å². The van der Waals surface area contributed by atoms with Crippen LogP contribution >= 0.6 is 11.3 Å². The molecule has 2 heterocycles. The van der Waals surface area contributed by atoms with Crippen LogP contribution in [0.25, 0.3) is 0 Å². The summed E-state index contributed by atoms with van der Waals surface area (Å²) in [6.45, 7) is 10.7. The van der Waals surface area contributed by atoms with Crippen molar-refractivity contribution in [2.24, 2.45) is 0 Å². The molecule has 1 fully saturated rings. The second-order valence-electron chi connectivity index (χ2n) is 9.06. The van der Waals surface area contributed by atoms with Crippen LogP contribution in [0.4, 0.5) is 5.13 Å². The lowest BCUT2D eigenvalue weighted by Crippen LogP contribution is -2.56. The van der Waals surface area contributed by atoms with Gasteiger partial charge < -0.3 is 5.21 Å². The highest BCUT2D eigenvalue weighted by molar-refractivity contribution is 7.15. The standard InChI is InChI=1S/C20H39N5OS/c1-6-7-8-9-10-11-12-13-14-21-17-15-24(5)16-25(17,26)19-23-22-18(27-19)20(2,3)4/h17,21H,6-16H2,1-5H3. The van der Waals surface area contributed by atoms with Gasteiger partial charge in [0.2, 0.25) is 0 Å². The molecule has 6 nitrogen and oxygen atoms in total. The lowest BCUT2D eigenvalue weighted by atomic mass is 9.98. The highest BCUT2D eigenvalue weighted by Gasteiger charge is 2.42. The first-order chi connectivity index (χ1) is 12.8. The Bertz CT molecular complexity index is 559. The Morgan fingerprint density at radius 1 is 1.11 bits per heavy atom. The van der Waals surface area contributed by atoms with Crippen LogP contribution in [0, 0.1) is 5.21 Å². The van der Waals surface area contributed by atoms with Gasteiger partial charge in [-0.05, 0) is 24.8 Å². The number of likely N-dealkylation sites (N-methyl/N-ethyl adjacent to an activating group) is 1. The first kappa shape index (κ1) is 22.7. The molecule has 1 aromatic rings. The number of quaternary nitrogens is 1. The number of hydroxylamine groups is 2. The molecule has 156 valence electrons. The van der Waals surface area contributed by atoms with Gasteiger partial charge in [0.15, 0.2) is 6.17 Å². The molecule has 2 atom stereocenters. The van der Waals surface area contributed by atoms with Crippen LogP contribution in [0.15, 0.2) is 0 Å². The predicted molar refractivity (Wildman–Crippen MR) is 116 cm³/mol. The van der Waals surface area contributed by atoms with E-state index >= 15 is 0 Å². The van der Waals surface area contributed by atoms with Crippen LogP contribution in [0.3, 0.4) is 0 Å². The first-order valence-corrected chi connectivity index (χ1v) is 11.4. The van der Waals surface area contributed by atoms with Crippen molar-refractivity contribution in [2.75, 3.05) is 26.8 Å². The molecule has 1 aliphatic heterocycles. The van der Waals surface area contributed by atoms with Crippen molar-refractivity contribution >= 4 is 16.5 Å². The van der Waals surface area contributed by atoms with Gasteiger partial charge in [-0.15, -0.1) is 5.10 Å². The van der Waals surface area contributed by atoms with Gasteiger partial charge in [-0.1, -0.05) is 77.7 Å². The van der Waals surface area contributed by atoms with Gasteiger partial charge in [-0.2, -0.15) is 0 Å². The summed E-state index contributed by atoms with van der Waals surface area (Å²) >= 11 is 1.47. The third-order valence-electron chi connectivity index (χ3n) is 5.23. The normalized spacial score (nSPS) is 24.0. The molecule has 27 heavy (non-hydrogen) atoms. The minimum atomic E-state index is -0.415. The summed E-state index contributed by atoms with van der Waals surface area (Å²) in [6, 6.07) is 0. The second kappa shape index (κ2) is 10.3. The molecule has 0 amide bonds. The van der Waals surface area contributed by atoms with Crippen molar-refractivity contribution in [1.82, 2.24) is 25.1 Å². The number of nitrogens with zero attached hydrogens (tertiary/aromatic N) is 4. The third kappa shape index (κ3) is 6.46. The number of aromatic nitrogens is 2. The minimum absolute atomic E-state index is 0.0687. The number of rotatable bonds is 11. The molecule has 2 rings (SSSR count). The van der Waals surface area contributed by atoms with Crippen molar-refractivity contribution < 1.29 is 0 Å². The molecule has 0 saturated carbocycles. The Kier molecular flexibility index (Phi) is 8.62. The molecule has 0 bridgehead atoms. The van der Waals surface area contributed by atoms with Gasteiger partial charge in [0.05, 0.1) is 6.54 Å². The van der Waals surface area contributed by atoms with Gasteiger partial charge in [0.1, 0.15) is 11.7 Å². The highest BCUT2D eigenvalue weighted by Crippen LogP contribution is 2.36. The summed E-state index contributed by atoms with van der Waals surface area (Å²) in [5, 5.41) is 27.2. The Labute approximate surface area is 169 Å². The smallest absolute Gasteiger partial charge is 0.309 e. The van der Waals surface area contributed by atoms with Crippen LogP contribution < -0.4 is 9.96 Å². The van der Waals surface area contributed by atoms with E-state index in [1.54, 1.807) is 0 Å². The molecule has 1 aromatic heterocycles. The van der Waals surface area contributed by atoms with E-state index in [4.69, 9.17) is 0 Å². The molecule has 1 saturated heterocycles. The maximum Gasteiger partial charge on any atom is 0.309 e. The lowest BCUT2D eigenvalue weighted by molar-refractivity contribution is 0.286. The number of nitrogens with one attached hydrogen (secondary N) is 1. The molecule has 2 unspecified atom stereocenters. The van der Waals surface area contributed by atoms with E-state index in [0.717, 1.165) is 24.5 Å². The highest BCUT2D eigenvalue weighted by atomic mass is 32.1. The molecule has 0 spiro atoms. The Morgan fingerprint density at radius 3 is 2.33 bits per heavy atom. The van der Waals surface area contributed by atoms with Crippen LogP contribution in [0.1, 0.15) is 84.1 Å². The molecular formula is C20H39N5OS. The van der Waals surface area contributed by atoms with E-state index < -0.39 is 4.65 Å². The topological polar surface area (TPSA) is 64.1 Å². The lowest BCUT2D eigenvalue weighted by Gasteiger charge is -2.39. The van der Waals surface area contributed by atoms with Crippen molar-refractivity contribution in [3.63, 3.8) is 0 Å². The average Bonchev–Trinajstić information content (AvgIpc) is 3.19. The monoisotopic (exact) mass is 397 g/mol. The fourth-order valence-corrected chi connectivity index (χ4v) is 4.53. The molecule has 1 N–H and O–H groups in total. The number of hydrogen-bond donors (Lipinski definition) is 1. The molecule has 0 aliphatic carbocycles. The van der Waals surface area contributed by atoms with E-state index in [2.05, 4.69) is 48.1 Å². The van der Waals surface area contributed by atoms with Gasteiger partial charge in [0, 0.05) is 12.0 Å². The fourth-order valence-electron chi connectivity index (χ4n) is 3.55. The Morgan fingerprint density at radius 2 is 1.74 bits per heavy atom. The molecular weight excluding hydrogens is 358 g/mol. The van der Waals surface area contributed by atoms with Crippen molar-refractivity contribution in [1.29, 1.82) is 0 Å². The summed E-state index contributed by atoms with van der Waals surface area (Å²) < 4.78 is -0.415. The summed E-state index contributed by atoms with van der Waals surface area (Å²) in [6.07, 6.45) is 10.3. The maximum atomic E-state index is 13.6. The van der Waals surface area contributed by atoms with Crippen LogP contribution in [0.5, 0.6) is 0 Å². The molecule has 0 aromatic carbocycles. The number of unbranched alkanes of at least 4 members (excludes halogenated alkanes) is 7. The van der Waals surface area contributed by atoms with E-state index in [-0.39, 0.29) is 11.6 Å². The molecule has 0 radical (unpaired) electrons. The molecule has 7 heteroatoms. The summed E-state index contributed by atoms with van der Waals surface area (Å²) in [5.41, 5.74) is -0.0687. The quantitative estimate of drug-likeness (QED) is 0.336. The van der Waals surface area contributed by atoms with E-state index in [1.807, 2.05) is 7.05 Å². The second-order valence-corrected chi connectivity index (χ2v) is 10.0. The number of hydrogen-bond acceptors (Lipinski definition) is 6. The van der Waals surface area contributed by atoms with Gasteiger partial charge >= 0.3 is 5.13 Å². The van der Waals surface area contributed by atoms with Crippen LogP contribution in [-0.4, -0.2) is 48.1 Å². The zero-order valence-corrected chi connectivity index (χ0v) is 18.8. The largest absolute Gasteiger partial charge is 0.623 e. The van der Waals surface area contributed by atoms with E-state index in [9.17, 15) is 5.21 Å². The van der Waals surface area contributed by atoms with Crippen LogP contribution in [0.2, 0.25) is 0 Å². The summed E-state index contributed by atoms with van der Waals surface area (Å²) in [4.78, 5) is 2.09. The third-order valence-corrected chi connectivity index (χ3v) is 6.69. The summed E-state index contributed by atoms with van der Waals surface area (Å²) in [5.74, 6) is 0. The Balaban J connectivity index is 1.80. The van der Waals surface area contributed by atoms with Crippen molar-refractivity contribution in [3.8, 4) is 0 Å². The van der Waals surface area contributed by atoms with Gasteiger partial charge in [-0.3, -0.25) is 14.9 Å².